The highest BCUT2D eigenvalue weighted by molar-refractivity contribution is 6.84. The fraction of sp³-hybridized carbons (Fsp3) is 0.789. The highest BCUT2D eigenvalue weighted by Crippen LogP contribution is 2.42. The summed E-state index contributed by atoms with van der Waals surface area (Å²) in [6, 6.07) is 0.789. The van der Waals surface area contributed by atoms with E-state index in [9.17, 15) is 0 Å². The largest absolute Gasteiger partial charge is 0.331 e. The summed E-state index contributed by atoms with van der Waals surface area (Å²) in [7, 11) is -2.28. The van der Waals surface area contributed by atoms with Gasteiger partial charge in [0.2, 0.25) is 0 Å². The molecule has 1 N–H and O–H groups in total. The SMILES string of the molecule is C[SiH](C)C1=C([Si](C)(C)NC2CCCCC2)CC=C1C(C)(C)C. The molecule has 0 radical (unpaired) electrons. The number of rotatable bonds is 4. The van der Waals surface area contributed by atoms with Crippen LogP contribution in [-0.2, 0) is 0 Å². The van der Waals surface area contributed by atoms with E-state index < -0.39 is 17.0 Å². The first kappa shape index (κ1) is 18.2. The van der Waals surface area contributed by atoms with Gasteiger partial charge >= 0.3 is 0 Å². The molecule has 126 valence electrons. The minimum Gasteiger partial charge on any atom is -0.331 e. The standard InChI is InChI=1S/C19H37NSi2/c1-19(2,3)16-13-14-17(18(16)21(4)5)22(6,7)20-15-11-9-8-10-12-15/h13,15,20-21H,8-12,14H2,1-7H3. The van der Waals surface area contributed by atoms with E-state index >= 15 is 0 Å². The molecule has 1 fully saturated rings. The Morgan fingerprint density at radius 2 is 1.68 bits per heavy atom. The molecule has 1 nitrogen and oxygen atoms in total. The average molecular weight is 336 g/mol. The molecule has 0 spiro atoms. The van der Waals surface area contributed by atoms with E-state index in [0.29, 0.717) is 5.41 Å². The smallest absolute Gasteiger partial charge is 0.147 e. The summed E-state index contributed by atoms with van der Waals surface area (Å²) in [4.78, 5) is 4.16. The van der Waals surface area contributed by atoms with Gasteiger partial charge in [-0.3, -0.25) is 0 Å². The third-order valence-corrected chi connectivity index (χ3v) is 10.7. The van der Waals surface area contributed by atoms with Crippen LogP contribution in [0.15, 0.2) is 22.0 Å². The van der Waals surface area contributed by atoms with Crippen molar-refractivity contribution in [2.45, 2.75) is 91.5 Å². The Morgan fingerprint density at radius 1 is 1.09 bits per heavy atom. The van der Waals surface area contributed by atoms with Crippen molar-refractivity contribution < 1.29 is 0 Å². The van der Waals surface area contributed by atoms with Gasteiger partial charge in [0.05, 0.1) is 8.80 Å². The van der Waals surface area contributed by atoms with E-state index in [0.717, 1.165) is 6.04 Å². The minimum absolute atomic E-state index is 0.309. The Kier molecular flexibility index (Phi) is 5.61. The van der Waals surface area contributed by atoms with Crippen molar-refractivity contribution in [2.24, 2.45) is 5.41 Å². The highest BCUT2D eigenvalue weighted by Gasteiger charge is 2.37. The van der Waals surface area contributed by atoms with Crippen LogP contribution >= 0.6 is 0 Å². The molecular weight excluding hydrogens is 298 g/mol. The van der Waals surface area contributed by atoms with Crippen LogP contribution in [0.3, 0.4) is 0 Å². The van der Waals surface area contributed by atoms with E-state index in [1.807, 2.05) is 10.4 Å². The van der Waals surface area contributed by atoms with E-state index in [1.165, 1.54) is 38.5 Å². The average Bonchev–Trinajstić information content (AvgIpc) is 2.84. The number of hydrogen-bond donors (Lipinski definition) is 1. The van der Waals surface area contributed by atoms with E-state index in [2.05, 4.69) is 58.0 Å². The summed E-state index contributed by atoms with van der Waals surface area (Å²) >= 11 is 0. The Morgan fingerprint density at radius 3 is 2.18 bits per heavy atom. The second-order valence-corrected chi connectivity index (χ2v) is 16.3. The normalized spacial score (nSPS) is 21.7. The second kappa shape index (κ2) is 6.78. The van der Waals surface area contributed by atoms with Crippen LogP contribution in [0.25, 0.3) is 0 Å². The summed E-state index contributed by atoms with van der Waals surface area (Å²) in [5.74, 6) is 0. The molecule has 0 atom stereocenters. The first-order valence-electron chi connectivity index (χ1n) is 9.35. The van der Waals surface area contributed by atoms with Gasteiger partial charge in [0.15, 0.2) is 0 Å². The zero-order chi connectivity index (χ0) is 16.5. The molecule has 1 saturated carbocycles. The maximum absolute atomic E-state index is 4.16. The summed E-state index contributed by atoms with van der Waals surface area (Å²) in [6.07, 6.45) is 10.9. The third-order valence-electron chi connectivity index (χ3n) is 5.44. The lowest BCUT2D eigenvalue weighted by atomic mass is 9.87. The van der Waals surface area contributed by atoms with Crippen molar-refractivity contribution >= 4 is 17.0 Å². The quantitative estimate of drug-likeness (QED) is 0.683. The number of hydrogen-bond acceptors (Lipinski definition) is 1. The molecule has 0 aliphatic heterocycles. The molecule has 2 rings (SSSR count). The van der Waals surface area contributed by atoms with Gasteiger partial charge in [0.25, 0.3) is 0 Å². The van der Waals surface area contributed by atoms with E-state index in [-0.39, 0.29) is 0 Å². The van der Waals surface area contributed by atoms with Crippen molar-refractivity contribution in [2.75, 3.05) is 0 Å². The van der Waals surface area contributed by atoms with Gasteiger partial charge in [-0.1, -0.05) is 82.7 Å². The van der Waals surface area contributed by atoms with Crippen LogP contribution in [0.5, 0.6) is 0 Å². The van der Waals surface area contributed by atoms with Crippen LogP contribution < -0.4 is 4.98 Å². The lowest BCUT2D eigenvalue weighted by Crippen LogP contribution is -2.53. The molecule has 0 aromatic heterocycles. The summed E-state index contributed by atoms with van der Waals surface area (Å²) in [6.45, 7) is 17.3. The summed E-state index contributed by atoms with van der Waals surface area (Å²) in [5, 5.41) is 3.66. The van der Waals surface area contributed by atoms with Crippen molar-refractivity contribution in [3.05, 3.63) is 22.0 Å². The van der Waals surface area contributed by atoms with Gasteiger partial charge in [0, 0.05) is 6.04 Å². The van der Waals surface area contributed by atoms with Gasteiger partial charge in [-0.25, -0.2) is 0 Å². The molecule has 0 unspecified atom stereocenters. The lowest BCUT2D eigenvalue weighted by Gasteiger charge is -2.36. The van der Waals surface area contributed by atoms with Crippen LogP contribution in [0.4, 0.5) is 0 Å². The molecule has 0 aromatic rings. The summed E-state index contributed by atoms with van der Waals surface area (Å²) in [5.41, 5.74) is 1.99. The maximum atomic E-state index is 4.16. The third kappa shape index (κ3) is 4.04. The minimum atomic E-state index is -1.49. The molecule has 0 amide bonds. The van der Waals surface area contributed by atoms with Crippen LogP contribution in [-0.4, -0.2) is 23.1 Å². The molecule has 0 saturated heterocycles. The Balaban J connectivity index is 2.25. The van der Waals surface area contributed by atoms with Crippen molar-refractivity contribution in [1.82, 2.24) is 4.98 Å². The van der Waals surface area contributed by atoms with Gasteiger partial charge in [-0.2, -0.15) is 0 Å². The Bertz CT molecular complexity index is 460. The van der Waals surface area contributed by atoms with Crippen molar-refractivity contribution in [1.29, 1.82) is 0 Å². The molecular formula is C19H37NSi2. The number of nitrogens with one attached hydrogen (secondary N) is 1. The first-order chi connectivity index (χ1) is 10.1. The van der Waals surface area contributed by atoms with Crippen molar-refractivity contribution in [3.8, 4) is 0 Å². The Labute approximate surface area is 141 Å². The second-order valence-electron chi connectivity index (χ2n) is 9.22. The van der Waals surface area contributed by atoms with Crippen LogP contribution in [0, 0.1) is 5.41 Å². The summed E-state index contributed by atoms with van der Waals surface area (Å²) < 4.78 is 0. The molecule has 2 aliphatic carbocycles. The maximum Gasteiger partial charge on any atom is 0.147 e. The Hall–Kier alpha value is -0.126. The number of allylic oxidation sites excluding steroid dienone is 4. The topological polar surface area (TPSA) is 12.0 Å². The predicted molar refractivity (Wildman–Crippen MR) is 106 cm³/mol. The van der Waals surface area contributed by atoms with Gasteiger partial charge < -0.3 is 4.98 Å². The molecule has 3 heteroatoms. The molecule has 22 heavy (non-hydrogen) atoms. The fourth-order valence-corrected chi connectivity index (χ4v) is 11.2. The molecule has 0 heterocycles. The molecule has 2 aliphatic rings. The highest BCUT2D eigenvalue weighted by atomic mass is 28.3. The van der Waals surface area contributed by atoms with Gasteiger partial charge in [-0.05, 0) is 30.3 Å². The zero-order valence-corrected chi connectivity index (χ0v) is 18.1. The lowest BCUT2D eigenvalue weighted by molar-refractivity contribution is 0.414. The fourth-order valence-electron chi connectivity index (χ4n) is 4.39. The molecule has 0 aromatic carbocycles. The van der Waals surface area contributed by atoms with E-state index in [1.54, 1.807) is 5.57 Å². The van der Waals surface area contributed by atoms with E-state index in [4.69, 9.17) is 0 Å². The van der Waals surface area contributed by atoms with Crippen molar-refractivity contribution in [3.63, 3.8) is 0 Å². The molecule has 0 bridgehead atoms. The van der Waals surface area contributed by atoms with Gasteiger partial charge in [0.1, 0.15) is 8.24 Å². The van der Waals surface area contributed by atoms with Crippen LogP contribution in [0.1, 0.15) is 59.3 Å². The van der Waals surface area contributed by atoms with Gasteiger partial charge in [-0.15, -0.1) is 0 Å². The monoisotopic (exact) mass is 335 g/mol. The zero-order valence-electron chi connectivity index (χ0n) is 16.0. The van der Waals surface area contributed by atoms with Crippen LogP contribution in [0.2, 0.25) is 26.2 Å². The predicted octanol–water partition coefficient (Wildman–Crippen LogP) is 5.35. The first-order valence-corrected chi connectivity index (χ1v) is 15.2.